The molecule has 6 nitrogen and oxygen atoms in total. The SMILES string of the molecule is O=C(NCc1ccccc1NS(=O)(=O)c1ccccc1)C1CC(F)(F)CN1. The van der Waals surface area contributed by atoms with Crippen molar-refractivity contribution in [2.24, 2.45) is 0 Å². The zero-order valence-electron chi connectivity index (χ0n) is 14.3. The van der Waals surface area contributed by atoms with Crippen molar-refractivity contribution in [1.29, 1.82) is 0 Å². The highest BCUT2D eigenvalue weighted by Crippen LogP contribution is 2.25. The Hall–Kier alpha value is -2.52. The normalized spacial score (nSPS) is 18.8. The van der Waals surface area contributed by atoms with Gasteiger partial charge in [0.1, 0.15) is 0 Å². The molecule has 0 bridgehead atoms. The van der Waals surface area contributed by atoms with E-state index in [1.807, 2.05) is 0 Å². The van der Waals surface area contributed by atoms with Crippen LogP contribution >= 0.6 is 0 Å². The highest BCUT2D eigenvalue weighted by atomic mass is 32.2. The van der Waals surface area contributed by atoms with Gasteiger partial charge in [0.25, 0.3) is 15.9 Å². The molecule has 27 heavy (non-hydrogen) atoms. The summed E-state index contributed by atoms with van der Waals surface area (Å²) in [5.41, 5.74) is 0.835. The number of para-hydroxylation sites is 1. The van der Waals surface area contributed by atoms with Gasteiger partial charge in [-0.25, -0.2) is 17.2 Å². The maximum atomic E-state index is 13.2. The summed E-state index contributed by atoms with van der Waals surface area (Å²) in [6.45, 7) is -0.519. The van der Waals surface area contributed by atoms with Crippen LogP contribution in [0, 0.1) is 0 Å². The average molecular weight is 395 g/mol. The van der Waals surface area contributed by atoms with Crippen molar-refractivity contribution in [3.63, 3.8) is 0 Å². The number of carbonyl (C=O) groups is 1. The lowest BCUT2D eigenvalue weighted by atomic mass is 10.1. The molecule has 1 unspecified atom stereocenters. The van der Waals surface area contributed by atoms with Crippen LogP contribution in [-0.4, -0.2) is 32.8 Å². The lowest BCUT2D eigenvalue weighted by Crippen LogP contribution is -2.40. The molecule has 2 aromatic rings. The van der Waals surface area contributed by atoms with Gasteiger partial charge in [-0.05, 0) is 23.8 Å². The molecule has 1 aliphatic rings. The average Bonchev–Trinajstić information content (AvgIpc) is 3.01. The summed E-state index contributed by atoms with van der Waals surface area (Å²) in [6.07, 6.45) is -0.554. The van der Waals surface area contributed by atoms with E-state index in [-0.39, 0.29) is 11.4 Å². The topological polar surface area (TPSA) is 87.3 Å². The van der Waals surface area contributed by atoms with E-state index in [1.165, 1.54) is 12.1 Å². The quantitative estimate of drug-likeness (QED) is 0.699. The molecule has 0 spiro atoms. The van der Waals surface area contributed by atoms with Gasteiger partial charge in [-0.15, -0.1) is 0 Å². The predicted molar refractivity (Wildman–Crippen MR) is 96.9 cm³/mol. The van der Waals surface area contributed by atoms with E-state index in [0.29, 0.717) is 11.3 Å². The number of hydrogen-bond donors (Lipinski definition) is 3. The highest BCUT2D eigenvalue weighted by Gasteiger charge is 2.42. The first kappa shape index (κ1) is 19.2. The molecule has 3 rings (SSSR count). The van der Waals surface area contributed by atoms with Crippen LogP contribution in [0.5, 0.6) is 0 Å². The number of nitrogens with one attached hydrogen (secondary N) is 3. The number of alkyl halides is 2. The van der Waals surface area contributed by atoms with Gasteiger partial charge < -0.3 is 5.32 Å². The maximum Gasteiger partial charge on any atom is 0.262 e. The van der Waals surface area contributed by atoms with Crippen molar-refractivity contribution in [2.45, 2.75) is 29.8 Å². The lowest BCUT2D eigenvalue weighted by molar-refractivity contribution is -0.123. The number of benzene rings is 2. The molecule has 144 valence electrons. The summed E-state index contributed by atoms with van der Waals surface area (Å²) in [4.78, 5) is 12.2. The molecule has 1 saturated heterocycles. The molecule has 0 aromatic heterocycles. The van der Waals surface area contributed by atoms with E-state index in [2.05, 4.69) is 15.4 Å². The third-order valence-electron chi connectivity index (χ3n) is 4.19. The van der Waals surface area contributed by atoms with Crippen LogP contribution in [0.2, 0.25) is 0 Å². The van der Waals surface area contributed by atoms with Gasteiger partial charge in [0.2, 0.25) is 5.91 Å². The van der Waals surface area contributed by atoms with Crippen LogP contribution in [0.4, 0.5) is 14.5 Å². The van der Waals surface area contributed by atoms with Gasteiger partial charge in [-0.2, -0.15) is 0 Å². The first-order valence-corrected chi connectivity index (χ1v) is 9.80. The Morgan fingerprint density at radius 1 is 1.11 bits per heavy atom. The van der Waals surface area contributed by atoms with Gasteiger partial charge in [0.15, 0.2) is 0 Å². The van der Waals surface area contributed by atoms with Crippen LogP contribution in [0.1, 0.15) is 12.0 Å². The summed E-state index contributed by atoms with van der Waals surface area (Å²) in [6, 6.07) is 13.5. The smallest absolute Gasteiger partial charge is 0.262 e. The lowest BCUT2D eigenvalue weighted by Gasteiger charge is -2.15. The van der Waals surface area contributed by atoms with Gasteiger partial charge in [0.05, 0.1) is 23.2 Å². The molecule has 0 saturated carbocycles. The standard InChI is InChI=1S/C18H19F2N3O3S/c19-18(20)10-16(22-12-18)17(24)21-11-13-6-4-5-9-15(13)23-27(25,26)14-7-2-1-3-8-14/h1-9,16,22-23H,10-12H2,(H,21,24). The maximum absolute atomic E-state index is 13.2. The fraction of sp³-hybridized carbons (Fsp3) is 0.278. The summed E-state index contributed by atoms with van der Waals surface area (Å²) in [7, 11) is -3.78. The molecule has 0 aliphatic carbocycles. The second kappa shape index (κ2) is 7.61. The van der Waals surface area contributed by atoms with Crippen LogP contribution in [0.15, 0.2) is 59.5 Å². The zero-order valence-corrected chi connectivity index (χ0v) is 15.1. The molecule has 1 fully saturated rings. The molecule has 9 heteroatoms. The fourth-order valence-electron chi connectivity index (χ4n) is 2.78. The zero-order chi connectivity index (χ0) is 19.5. The molecule has 3 N–H and O–H groups in total. The fourth-order valence-corrected chi connectivity index (χ4v) is 3.91. The van der Waals surface area contributed by atoms with E-state index >= 15 is 0 Å². The number of halogens is 2. The Morgan fingerprint density at radius 3 is 2.44 bits per heavy atom. The van der Waals surface area contributed by atoms with E-state index in [1.54, 1.807) is 42.5 Å². The van der Waals surface area contributed by atoms with Crippen molar-refractivity contribution < 1.29 is 22.0 Å². The summed E-state index contributed by atoms with van der Waals surface area (Å²) >= 11 is 0. The monoisotopic (exact) mass is 395 g/mol. The van der Waals surface area contributed by atoms with E-state index < -0.39 is 40.9 Å². The molecule has 1 atom stereocenters. The van der Waals surface area contributed by atoms with Gasteiger partial charge in [0, 0.05) is 13.0 Å². The minimum Gasteiger partial charge on any atom is -0.351 e. The van der Waals surface area contributed by atoms with Crippen molar-refractivity contribution in [2.75, 3.05) is 11.3 Å². The van der Waals surface area contributed by atoms with Crippen LogP contribution in [0.3, 0.4) is 0 Å². The molecule has 1 heterocycles. The van der Waals surface area contributed by atoms with E-state index in [4.69, 9.17) is 0 Å². The Morgan fingerprint density at radius 2 is 1.78 bits per heavy atom. The van der Waals surface area contributed by atoms with Crippen molar-refractivity contribution in [3.05, 3.63) is 60.2 Å². The van der Waals surface area contributed by atoms with Gasteiger partial charge in [-0.1, -0.05) is 36.4 Å². The molecular formula is C18H19F2N3O3S. The van der Waals surface area contributed by atoms with E-state index in [0.717, 1.165) is 0 Å². The third kappa shape index (κ3) is 4.81. The van der Waals surface area contributed by atoms with Crippen LogP contribution in [-0.2, 0) is 21.4 Å². The number of rotatable bonds is 6. The molecule has 2 aromatic carbocycles. The molecule has 1 aliphatic heterocycles. The second-order valence-corrected chi connectivity index (χ2v) is 7.97. The van der Waals surface area contributed by atoms with Gasteiger partial charge >= 0.3 is 0 Å². The molecule has 1 amide bonds. The Bertz CT molecular complexity index is 920. The minimum absolute atomic E-state index is 0.00999. The second-order valence-electron chi connectivity index (χ2n) is 6.29. The van der Waals surface area contributed by atoms with Crippen molar-refractivity contribution in [1.82, 2.24) is 10.6 Å². The Kier molecular flexibility index (Phi) is 5.43. The van der Waals surface area contributed by atoms with Crippen LogP contribution < -0.4 is 15.4 Å². The third-order valence-corrected chi connectivity index (χ3v) is 5.58. The number of carbonyl (C=O) groups excluding carboxylic acids is 1. The summed E-state index contributed by atoms with van der Waals surface area (Å²) in [5, 5.41) is 5.06. The number of anilines is 1. The predicted octanol–water partition coefficient (Wildman–Crippen LogP) is 2.10. The molecule has 0 radical (unpaired) electrons. The molecular weight excluding hydrogens is 376 g/mol. The van der Waals surface area contributed by atoms with Crippen molar-refractivity contribution >= 4 is 21.6 Å². The van der Waals surface area contributed by atoms with Gasteiger partial charge in [-0.3, -0.25) is 14.8 Å². The summed E-state index contributed by atoms with van der Waals surface area (Å²) < 4.78 is 53.9. The van der Waals surface area contributed by atoms with E-state index in [9.17, 15) is 22.0 Å². The minimum atomic E-state index is -3.78. The Balaban J connectivity index is 1.69. The van der Waals surface area contributed by atoms with Crippen molar-refractivity contribution in [3.8, 4) is 0 Å². The van der Waals surface area contributed by atoms with Crippen LogP contribution in [0.25, 0.3) is 0 Å². The summed E-state index contributed by atoms with van der Waals surface area (Å²) in [5.74, 6) is -3.45. The largest absolute Gasteiger partial charge is 0.351 e. The number of amides is 1. The number of sulfonamides is 1. The Labute approximate surface area is 156 Å². The first-order chi connectivity index (χ1) is 12.8. The first-order valence-electron chi connectivity index (χ1n) is 8.32. The number of hydrogen-bond acceptors (Lipinski definition) is 4. The highest BCUT2D eigenvalue weighted by molar-refractivity contribution is 7.92.